The maximum absolute atomic E-state index is 10.0. The first kappa shape index (κ1) is 13.8. The summed E-state index contributed by atoms with van der Waals surface area (Å²) in [7, 11) is 1.57. The topological polar surface area (TPSA) is 53.5 Å². The predicted molar refractivity (Wildman–Crippen MR) is 93.3 cm³/mol. The van der Waals surface area contributed by atoms with Gasteiger partial charge in [0.15, 0.2) is 11.5 Å². The van der Waals surface area contributed by atoms with E-state index in [0.29, 0.717) is 5.75 Å². The van der Waals surface area contributed by atoms with Crippen LogP contribution in [0.1, 0.15) is 17.3 Å². The normalized spacial score (nSPS) is 13.5. The van der Waals surface area contributed by atoms with Crippen LogP contribution in [0.15, 0.2) is 48.5 Å². The zero-order chi connectivity index (χ0) is 16.0. The Morgan fingerprint density at radius 3 is 2.26 bits per heavy atom. The molecule has 0 saturated heterocycles. The SMILES string of the molecule is COc1cc(C2Nc3cccc4cccc(c34)N2)cc(C)c1O. The summed E-state index contributed by atoms with van der Waals surface area (Å²) in [4.78, 5) is 0. The number of phenols is 1. The van der Waals surface area contributed by atoms with Crippen LogP contribution in [0.4, 0.5) is 11.4 Å². The Kier molecular flexibility index (Phi) is 3.05. The molecule has 3 N–H and O–H groups in total. The molecule has 1 heterocycles. The average Bonchev–Trinajstić information content (AvgIpc) is 2.57. The van der Waals surface area contributed by atoms with Crippen molar-refractivity contribution in [3.8, 4) is 11.5 Å². The first-order chi connectivity index (χ1) is 11.2. The number of hydrogen-bond donors (Lipinski definition) is 3. The third-order valence-corrected chi connectivity index (χ3v) is 4.35. The predicted octanol–water partition coefficient (Wildman–Crippen LogP) is 4.40. The fourth-order valence-electron chi connectivity index (χ4n) is 3.19. The van der Waals surface area contributed by atoms with E-state index in [0.717, 1.165) is 22.5 Å². The molecule has 0 aromatic heterocycles. The summed E-state index contributed by atoms with van der Waals surface area (Å²) in [6.07, 6.45) is -0.0799. The number of hydrogen-bond acceptors (Lipinski definition) is 4. The van der Waals surface area contributed by atoms with Crippen LogP contribution in [0.3, 0.4) is 0 Å². The molecule has 3 aromatic rings. The molecule has 3 aromatic carbocycles. The lowest BCUT2D eigenvalue weighted by molar-refractivity contribution is 0.371. The number of rotatable bonds is 2. The quantitative estimate of drug-likeness (QED) is 0.657. The molecule has 1 aliphatic heterocycles. The smallest absolute Gasteiger partial charge is 0.161 e. The van der Waals surface area contributed by atoms with Gasteiger partial charge in [0.1, 0.15) is 6.17 Å². The van der Waals surface area contributed by atoms with Gasteiger partial charge in [-0.15, -0.1) is 0 Å². The van der Waals surface area contributed by atoms with Crippen LogP contribution >= 0.6 is 0 Å². The molecule has 0 bridgehead atoms. The summed E-state index contributed by atoms with van der Waals surface area (Å²) in [5, 5.41) is 19.5. The monoisotopic (exact) mass is 306 g/mol. The van der Waals surface area contributed by atoms with Crippen molar-refractivity contribution in [2.75, 3.05) is 17.7 Å². The molecule has 4 rings (SSSR count). The Labute approximate surface area is 134 Å². The molecule has 0 atom stereocenters. The van der Waals surface area contributed by atoms with Crippen LogP contribution in [-0.4, -0.2) is 12.2 Å². The highest BCUT2D eigenvalue weighted by Gasteiger charge is 2.21. The molecule has 0 saturated carbocycles. The number of nitrogens with one attached hydrogen (secondary N) is 2. The van der Waals surface area contributed by atoms with E-state index in [1.165, 1.54) is 10.8 Å². The van der Waals surface area contributed by atoms with Crippen LogP contribution in [0, 0.1) is 6.92 Å². The Bertz CT molecular complexity index is 865. The van der Waals surface area contributed by atoms with E-state index in [4.69, 9.17) is 4.74 Å². The number of anilines is 2. The molecule has 0 spiro atoms. The van der Waals surface area contributed by atoms with E-state index in [9.17, 15) is 5.11 Å². The van der Waals surface area contributed by atoms with Gasteiger partial charge in [0, 0.05) is 16.8 Å². The Balaban J connectivity index is 1.80. The van der Waals surface area contributed by atoms with E-state index >= 15 is 0 Å². The fraction of sp³-hybridized carbons (Fsp3) is 0.158. The Hall–Kier alpha value is -2.88. The summed E-state index contributed by atoms with van der Waals surface area (Å²) in [6, 6.07) is 16.3. The highest BCUT2D eigenvalue weighted by atomic mass is 16.5. The maximum atomic E-state index is 10.0. The first-order valence-electron chi connectivity index (χ1n) is 7.59. The van der Waals surface area contributed by atoms with Gasteiger partial charge >= 0.3 is 0 Å². The molecular formula is C19H18N2O2. The van der Waals surface area contributed by atoms with Crippen LogP contribution in [0.2, 0.25) is 0 Å². The Morgan fingerprint density at radius 2 is 1.65 bits per heavy atom. The molecule has 0 unspecified atom stereocenters. The molecule has 4 nitrogen and oxygen atoms in total. The van der Waals surface area contributed by atoms with Crippen molar-refractivity contribution in [3.05, 3.63) is 59.7 Å². The molecule has 0 aliphatic carbocycles. The van der Waals surface area contributed by atoms with Gasteiger partial charge in [0.2, 0.25) is 0 Å². The second-order valence-corrected chi connectivity index (χ2v) is 5.82. The van der Waals surface area contributed by atoms with Gasteiger partial charge < -0.3 is 20.5 Å². The molecule has 0 amide bonds. The average molecular weight is 306 g/mol. The van der Waals surface area contributed by atoms with Gasteiger partial charge in [0.05, 0.1) is 7.11 Å². The number of phenolic OH excluding ortho intramolecular Hbond substituents is 1. The number of aryl methyl sites for hydroxylation is 1. The Morgan fingerprint density at radius 1 is 1.00 bits per heavy atom. The lowest BCUT2D eigenvalue weighted by atomic mass is 10.0. The lowest BCUT2D eigenvalue weighted by Gasteiger charge is -2.30. The number of benzene rings is 3. The van der Waals surface area contributed by atoms with E-state index in [1.807, 2.05) is 19.1 Å². The van der Waals surface area contributed by atoms with Gasteiger partial charge in [0.25, 0.3) is 0 Å². The van der Waals surface area contributed by atoms with Crippen molar-refractivity contribution < 1.29 is 9.84 Å². The van der Waals surface area contributed by atoms with Gasteiger partial charge in [-0.2, -0.15) is 0 Å². The first-order valence-corrected chi connectivity index (χ1v) is 7.59. The minimum atomic E-state index is -0.0799. The molecular weight excluding hydrogens is 288 g/mol. The zero-order valence-electron chi connectivity index (χ0n) is 13.1. The third-order valence-electron chi connectivity index (χ3n) is 4.35. The van der Waals surface area contributed by atoms with E-state index in [1.54, 1.807) is 7.11 Å². The highest BCUT2D eigenvalue weighted by molar-refractivity contribution is 6.04. The highest BCUT2D eigenvalue weighted by Crippen LogP contribution is 2.40. The fourth-order valence-corrected chi connectivity index (χ4v) is 3.19. The number of methoxy groups -OCH3 is 1. The second-order valence-electron chi connectivity index (χ2n) is 5.82. The van der Waals surface area contributed by atoms with Crippen molar-refractivity contribution in [2.45, 2.75) is 13.1 Å². The minimum absolute atomic E-state index is 0.0799. The minimum Gasteiger partial charge on any atom is -0.504 e. The van der Waals surface area contributed by atoms with E-state index in [2.05, 4.69) is 47.0 Å². The molecule has 23 heavy (non-hydrogen) atoms. The summed E-state index contributed by atoms with van der Waals surface area (Å²) in [6.45, 7) is 1.87. The number of ether oxygens (including phenoxy) is 1. The maximum Gasteiger partial charge on any atom is 0.161 e. The second kappa shape index (κ2) is 5.09. The third kappa shape index (κ3) is 2.14. The molecule has 1 aliphatic rings. The van der Waals surface area contributed by atoms with Gasteiger partial charge in [-0.3, -0.25) is 0 Å². The van der Waals surface area contributed by atoms with Crippen molar-refractivity contribution in [2.24, 2.45) is 0 Å². The standard InChI is InChI=1S/C19H18N2O2/c1-11-9-13(10-16(23-2)18(11)22)19-20-14-7-3-5-12-6-4-8-15(21-19)17(12)14/h3-10,19-22H,1-2H3. The summed E-state index contributed by atoms with van der Waals surface area (Å²) < 4.78 is 5.28. The van der Waals surface area contributed by atoms with Crippen molar-refractivity contribution >= 4 is 22.1 Å². The molecule has 116 valence electrons. The van der Waals surface area contributed by atoms with Gasteiger partial charge in [-0.25, -0.2) is 0 Å². The molecule has 4 heteroatoms. The zero-order valence-corrected chi connectivity index (χ0v) is 13.1. The number of aromatic hydroxyl groups is 1. The molecule has 0 fully saturated rings. The van der Waals surface area contributed by atoms with Crippen molar-refractivity contribution in [1.82, 2.24) is 0 Å². The van der Waals surface area contributed by atoms with Crippen molar-refractivity contribution in [3.63, 3.8) is 0 Å². The molecule has 0 radical (unpaired) electrons. The van der Waals surface area contributed by atoms with Crippen LogP contribution in [0.25, 0.3) is 10.8 Å². The largest absolute Gasteiger partial charge is 0.504 e. The van der Waals surface area contributed by atoms with Gasteiger partial charge in [-0.1, -0.05) is 24.3 Å². The van der Waals surface area contributed by atoms with Crippen molar-refractivity contribution in [1.29, 1.82) is 0 Å². The summed E-state index contributed by atoms with van der Waals surface area (Å²) in [5.41, 5.74) is 4.02. The van der Waals surface area contributed by atoms with Crippen LogP contribution in [0.5, 0.6) is 11.5 Å². The summed E-state index contributed by atoms with van der Waals surface area (Å²) >= 11 is 0. The van der Waals surface area contributed by atoms with Crippen LogP contribution in [-0.2, 0) is 0 Å². The van der Waals surface area contributed by atoms with E-state index in [-0.39, 0.29) is 11.9 Å². The van der Waals surface area contributed by atoms with Crippen LogP contribution < -0.4 is 15.4 Å². The van der Waals surface area contributed by atoms with E-state index < -0.39 is 0 Å². The van der Waals surface area contributed by atoms with Gasteiger partial charge in [-0.05, 0) is 47.7 Å². The lowest BCUT2D eigenvalue weighted by Crippen LogP contribution is -2.23. The summed E-state index contributed by atoms with van der Waals surface area (Å²) in [5.74, 6) is 0.676.